The van der Waals surface area contributed by atoms with Crippen LogP contribution in [0.2, 0.25) is 5.02 Å². The van der Waals surface area contributed by atoms with Crippen LogP contribution in [0.3, 0.4) is 0 Å². The quantitative estimate of drug-likeness (QED) is 0.895. The van der Waals surface area contributed by atoms with E-state index < -0.39 is 21.7 Å². The minimum absolute atomic E-state index is 0.0154. The summed E-state index contributed by atoms with van der Waals surface area (Å²) < 4.78 is 35.4. The van der Waals surface area contributed by atoms with Crippen LogP contribution in [0.15, 0.2) is 41.6 Å². The van der Waals surface area contributed by atoms with Crippen molar-refractivity contribution in [2.24, 2.45) is 5.14 Å². The zero-order valence-electron chi connectivity index (χ0n) is 10.4. The van der Waals surface area contributed by atoms with E-state index in [4.69, 9.17) is 16.7 Å². The van der Waals surface area contributed by atoms with E-state index in [1.54, 1.807) is 0 Å². The van der Waals surface area contributed by atoms with Gasteiger partial charge in [-0.3, -0.25) is 9.78 Å². The van der Waals surface area contributed by atoms with E-state index in [9.17, 15) is 17.6 Å². The molecule has 0 radical (unpaired) electrons. The Morgan fingerprint density at radius 2 is 2.00 bits per heavy atom. The van der Waals surface area contributed by atoms with Crippen LogP contribution in [0.4, 0.5) is 10.1 Å². The van der Waals surface area contributed by atoms with Crippen molar-refractivity contribution in [1.82, 2.24) is 4.98 Å². The second-order valence-corrected chi connectivity index (χ2v) is 5.97. The van der Waals surface area contributed by atoms with Crippen molar-refractivity contribution < 1.29 is 17.6 Å². The summed E-state index contributed by atoms with van der Waals surface area (Å²) in [6.45, 7) is 0. The van der Waals surface area contributed by atoms with Gasteiger partial charge in [-0.05, 0) is 24.3 Å². The maximum Gasteiger partial charge on any atom is 0.257 e. The molecule has 0 fully saturated rings. The van der Waals surface area contributed by atoms with Crippen molar-refractivity contribution in [3.8, 4) is 0 Å². The van der Waals surface area contributed by atoms with Gasteiger partial charge in [-0.1, -0.05) is 11.6 Å². The fraction of sp³-hybridized carbons (Fsp3) is 0. The molecule has 0 aliphatic carbocycles. The Labute approximate surface area is 124 Å². The number of anilines is 1. The Kier molecular flexibility index (Phi) is 4.21. The number of nitrogens with zero attached hydrogens (tertiary/aromatic N) is 1. The maximum atomic E-state index is 13.0. The molecule has 1 aromatic heterocycles. The molecule has 110 valence electrons. The fourth-order valence-electron chi connectivity index (χ4n) is 1.55. The number of hydrogen-bond donors (Lipinski definition) is 2. The number of carbonyl (C=O) groups excluding carboxylic acids is 1. The lowest BCUT2D eigenvalue weighted by atomic mass is 10.2. The number of hydrogen-bond acceptors (Lipinski definition) is 4. The van der Waals surface area contributed by atoms with E-state index >= 15 is 0 Å². The molecule has 1 aromatic carbocycles. The molecule has 0 aliphatic rings. The van der Waals surface area contributed by atoms with Crippen molar-refractivity contribution in [1.29, 1.82) is 0 Å². The molecule has 0 aliphatic heterocycles. The van der Waals surface area contributed by atoms with Crippen molar-refractivity contribution >= 4 is 33.2 Å². The number of rotatable bonds is 3. The van der Waals surface area contributed by atoms with E-state index in [0.717, 1.165) is 18.3 Å². The monoisotopic (exact) mass is 329 g/mol. The summed E-state index contributed by atoms with van der Waals surface area (Å²) in [6, 6.07) is 4.72. The van der Waals surface area contributed by atoms with Crippen LogP contribution in [0.1, 0.15) is 10.4 Å². The molecule has 2 rings (SSSR count). The second-order valence-electron chi connectivity index (χ2n) is 4.04. The zero-order valence-corrected chi connectivity index (χ0v) is 12.0. The van der Waals surface area contributed by atoms with Crippen LogP contribution < -0.4 is 10.5 Å². The molecule has 3 N–H and O–H groups in total. The van der Waals surface area contributed by atoms with Crippen LogP contribution in [-0.4, -0.2) is 19.3 Å². The van der Waals surface area contributed by atoms with Crippen LogP contribution in [0.25, 0.3) is 0 Å². The highest BCUT2D eigenvalue weighted by Crippen LogP contribution is 2.24. The van der Waals surface area contributed by atoms with Crippen LogP contribution in [0, 0.1) is 5.82 Å². The molecule has 0 atom stereocenters. The number of carbonyl (C=O) groups is 1. The summed E-state index contributed by atoms with van der Waals surface area (Å²) in [5.74, 6) is -1.26. The maximum absolute atomic E-state index is 13.0. The van der Waals surface area contributed by atoms with E-state index in [1.807, 2.05) is 0 Å². The van der Waals surface area contributed by atoms with Gasteiger partial charge in [0.15, 0.2) is 0 Å². The smallest absolute Gasteiger partial charge is 0.257 e. The summed E-state index contributed by atoms with van der Waals surface area (Å²) in [5.41, 5.74) is 0.253. The number of halogens is 2. The highest BCUT2D eigenvalue weighted by atomic mass is 35.5. The third-order valence-electron chi connectivity index (χ3n) is 2.46. The number of amides is 1. The minimum atomic E-state index is -3.94. The first-order valence-electron chi connectivity index (χ1n) is 5.51. The van der Waals surface area contributed by atoms with Gasteiger partial charge in [0.25, 0.3) is 5.91 Å². The molecule has 0 spiro atoms. The molecular formula is C12H9ClFN3O3S. The lowest BCUT2D eigenvalue weighted by molar-refractivity contribution is 0.102. The van der Waals surface area contributed by atoms with E-state index in [1.165, 1.54) is 18.3 Å². The Balaban J connectivity index is 2.25. The largest absolute Gasteiger partial charge is 0.322 e. The van der Waals surface area contributed by atoms with Gasteiger partial charge in [-0.2, -0.15) is 0 Å². The van der Waals surface area contributed by atoms with Crippen molar-refractivity contribution in [2.75, 3.05) is 5.32 Å². The van der Waals surface area contributed by atoms with Crippen LogP contribution in [0.5, 0.6) is 0 Å². The molecule has 0 bridgehead atoms. The number of primary sulfonamides is 1. The van der Waals surface area contributed by atoms with E-state index in [2.05, 4.69) is 10.3 Å². The van der Waals surface area contributed by atoms with Crippen molar-refractivity contribution in [3.05, 3.63) is 53.1 Å². The Morgan fingerprint density at radius 1 is 1.29 bits per heavy atom. The van der Waals surface area contributed by atoms with E-state index in [-0.39, 0.29) is 21.2 Å². The standard InChI is InChI=1S/C12H9ClFN3O3S/c13-10-4-9(1-2-11(10)21(15,19)20)17-12(18)7-3-8(14)6-16-5-7/h1-6H,(H,17,18)(H2,15,19,20). The topological polar surface area (TPSA) is 102 Å². The normalized spacial score (nSPS) is 11.2. The van der Waals surface area contributed by atoms with Crippen LogP contribution in [-0.2, 0) is 10.0 Å². The highest BCUT2D eigenvalue weighted by Gasteiger charge is 2.14. The Hall–Kier alpha value is -2.03. The van der Waals surface area contributed by atoms with Gasteiger partial charge in [0.05, 0.1) is 16.8 Å². The van der Waals surface area contributed by atoms with E-state index in [0.29, 0.717) is 0 Å². The van der Waals surface area contributed by atoms with Crippen molar-refractivity contribution in [2.45, 2.75) is 4.90 Å². The summed E-state index contributed by atoms with van der Waals surface area (Å²) >= 11 is 5.79. The third kappa shape index (κ3) is 3.75. The molecule has 6 nitrogen and oxygen atoms in total. The summed E-state index contributed by atoms with van der Waals surface area (Å²) in [6.07, 6.45) is 2.16. The average Bonchev–Trinajstić information content (AvgIpc) is 2.37. The van der Waals surface area contributed by atoms with Gasteiger partial charge in [-0.15, -0.1) is 0 Å². The Bertz CT molecular complexity index is 811. The number of nitrogens with one attached hydrogen (secondary N) is 1. The van der Waals surface area contributed by atoms with Gasteiger partial charge in [0.1, 0.15) is 10.7 Å². The zero-order chi connectivity index (χ0) is 15.6. The first-order valence-corrected chi connectivity index (χ1v) is 7.44. The lowest BCUT2D eigenvalue weighted by Gasteiger charge is -2.07. The first-order chi connectivity index (χ1) is 9.77. The SMILES string of the molecule is NS(=O)(=O)c1ccc(NC(=O)c2cncc(F)c2)cc1Cl. The summed E-state index contributed by atoms with van der Waals surface area (Å²) in [7, 11) is -3.94. The number of benzene rings is 1. The van der Waals surface area contributed by atoms with Gasteiger partial charge in [-0.25, -0.2) is 17.9 Å². The third-order valence-corrected chi connectivity index (χ3v) is 3.86. The molecule has 1 amide bonds. The summed E-state index contributed by atoms with van der Waals surface area (Å²) in [4.78, 5) is 15.2. The molecule has 1 heterocycles. The minimum Gasteiger partial charge on any atom is -0.322 e. The molecule has 0 unspecified atom stereocenters. The van der Waals surface area contributed by atoms with Gasteiger partial charge < -0.3 is 5.32 Å². The number of aromatic nitrogens is 1. The predicted octanol–water partition coefficient (Wildman–Crippen LogP) is 1.77. The molecule has 9 heteroatoms. The highest BCUT2D eigenvalue weighted by molar-refractivity contribution is 7.89. The second kappa shape index (κ2) is 5.76. The molecule has 0 saturated carbocycles. The number of pyridine rings is 1. The molecule has 2 aromatic rings. The fourth-order valence-corrected chi connectivity index (χ4v) is 2.64. The number of sulfonamides is 1. The van der Waals surface area contributed by atoms with Gasteiger partial charge >= 0.3 is 0 Å². The van der Waals surface area contributed by atoms with Gasteiger partial charge in [0, 0.05) is 11.9 Å². The molecule has 21 heavy (non-hydrogen) atoms. The molecular weight excluding hydrogens is 321 g/mol. The van der Waals surface area contributed by atoms with Crippen LogP contribution >= 0.6 is 11.6 Å². The lowest BCUT2D eigenvalue weighted by Crippen LogP contribution is -2.14. The van der Waals surface area contributed by atoms with Gasteiger partial charge in [0.2, 0.25) is 10.0 Å². The molecule has 0 saturated heterocycles. The first kappa shape index (κ1) is 15.4. The number of nitrogens with two attached hydrogens (primary N) is 1. The van der Waals surface area contributed by atoms with Crippen molar-refractivity contribution in [3.63, 3.8) is 0 Å². The predicted molar refractivity (Wildman–Crippen MR) is 75.0 cm³/mol. The Morgan fingerprint density at radius 3 is 2.57 bits per heavy atom. The average molecular weight is 330 g/mol. The summed E-state index contributed by atoms with van der Waals surface area (Å²) in [5, 5.41) is 7.27.